The Labute approximate surface area is 293 Å². The normalized spacial score (nSPS) is 16.8. The number of halogens is 3. The summed E-state index contributed by atoms with van der Waals surface area (Å²) < 4.78 is 21.3. The van der Waals surface area contributed by atoms with Crippen molar-refractivity contribution in [2.75, 3.05) is 32.1 Å². The number of aromatic nitrogens is 3. The lowest BCUT2D eigenvalue weighted by Crippen LogP contribution is -2.36. The van der Waals surface area contributed by atoms with Crippen molar-refractivity contribution in [2.45, 2.75) is 44.8 Å². The maximum Gasteiger partial charge on any atom is 0.306 e. The van der Waals surface area contributed by atoms with Gasteiger partial charge in [0.25, 0.3) is 0 Å². The van der Waals surface area contributed by atoms with Crippen molar-refractivity contribution in [1.29, 1.82) is 0 Å². The molecule has 5 heterocycles. The van der Waals surface area contributed by atoms with Gasteiger partial charge in [0.15, 0.2) is 11.6 Å². The van der Waals surface area contributed by atoms with E-state index in [1.165, 1.54) is 6.20 Å². The number of carboxylic acids is 1. The van der Waals surface area contributed by atoms with E-state index in [1.54, 1.807) is 43.6 Å². The quantitative estimate of drug-likeness (QED) is 0.137. The molecule has 49 heavy (non-hydrogen) atoms. The van der Waals surface area contributed by atoms with E-state index >= 15 is 4.39 Å². The molecule has 1 unspecified atom stereocenters. The molecule has 1 amide bonds. The predicted octanol–water partition coefficient (Wildman–Crippen LogP) is 6.07. The third-order valence-corrected chi connectivity index (χ3v) is 9.69. The van der Waals surface area contributed by atoms with Crippen LogP contribution in [0.15, 0.2) is 54.9 Å². The molecule has 6 rings (SSSR count). The molecule has 11 nitrogen and oxygen atoms in total. The number of nitrogens with one attached hydrogen (secondary N) is 3. The molecule has 0 bridgehead atoms. The molecular formula is C35H36Cl2FN7O4. The topological polar surface area (TPSA) is 142 Å². The molecule has 2 saturated heterocycles. The molecule has 14 heteroatoms. The van der Waals surface area contributed by atoms with Gasteiger partial charge >= 0.3 is 5.97 Å². The second kappa shape index (κ2) is 15.5. The van der Waals surface area contributed by atoms with Crippen molar-refractivity contribution in [3.8, 4) is 28.4 Å². The Hall–Kier alpha value is -4.36. The summed E-state index contributed by atoms with van der Waals surface area (Å²) >= 11 is 13.8. The molecule has 4 N–H and O–H groups in total. The van der Waals surface area contributed by atoms with Gasteiger partial charge in [-0.15, -0.1) is 0 Å². The third-order valence-electron chi connectivity index (χ3n) is 8.90. The van der Waals surface area contributed by atoms with Crippen LogP contribution in [0.1, 0.15) is 36.8 Å². The van der Waals surface area contributed by atoms with Crippen LogP contribution >= 0.6 is 23.2 Å². The van der Waals surface area contributed by atoms with Crippen molar-refractivity contribution < 1.29 is 23.8 Å². The van der Waals surface area contributed by atoms with Gasteiger partial charge in [0.05, 0.1) is 40.1 Å². The fourth-order valence-corrected chi connectivity index (χ4v) is 6.76. The number of carbonyl (C=O) groups is 2. The zero-order valence-corrected chi connectivity index (χ0v) is 28.3. The van der Waals surface area contributed by atoms with Crippen LogP contribution in [-0.4, -0.2) is 69.6 Å². The zero-order chi connectivity index (χ0) is 34.5. The Bertz CT molecular complexity index is 1860. The van der Waals surface area contributed by atoms with Crippen molar-refractivity contribution in [1.82, 2.24) is 30.5 Å². The summed E-state index contributed by atoms with van der Waals surface area (Å²) in [7, 11) is 1.56. The maximum atomic E-state index is 15.7. The van der Waals surface area contributed by atoms with Crippen LogP contribution in [0.2, 0.25) is 10.0 Å². The second-order valence-electron chi connectivity index (χ2n) is 12.1. The lowest BCUT2D eigenvalue weighted by Gasteiger charge is -2.30. The number of amides is 1. The molecule has 3 aromatic heterocycles. The van der Waals surface area contributed by atoms with Gasteiger partial charge in [0, 0.05) is 66.7 Å². The minimum absolute atomic E-state index is 0.0173. The number of pyridine rings is 3. The average molecular weight is 709 g/mol. The van der Waals surface area contributed by atoms with Crippen LogP contribution in [0.25, 0.3) is 22.5 Å². The van der Waals surface area contributed by atoms with Gasteiger partial charge in [0.1, 0.15) is 0 Å². The third kappa shape index (κ3) is 7.94. The fourth-order valence-electron chi connectivity index (χ4n) is 6.18. The van der Waals surface area contributed by atoms with Gasteiger partial charge in [-0.2, -0.15) is 0 Å². The summed E-state index contributed by atoms with van der Waals surface area (Å²) in [6.07, 6.45) is 5.57. The molecule has 0 radical (unpaired) electrons. The number of likely N-dealkylation sites (tertiary alicyclic amines) is 1. The second-order valence-corrected chi connectivity index (χ2v) is 12.9. The summed E-state index contributed by atoms with van der Waals surface area (Å²) in [5.41, 5.74) is 3.88. The zero-order valence-electron chi connectivity index (χ0n) is 26.8. The van der Waals surface area contributed by atoms with E-state index in [2.05, 4.69) is 25.9 Å². The Morgan fingerprint density at radius 1 is 1.04 bits per heavy atom. The summed E-state index contributed by atoms with van der Waals surface area (Å²) in [6.45, 7) is 2.65. The van der Waals surface area contributed by atoms with Crippen LogP contribution in [0.4, 0.5) is 15.9 Å². The minimum Gasteiger partial charge on any atom is -0.481 e. The van der Waals surface area contributed by atoms with E-state index in [0.717, 1.165) is 12.0 Å². The highest BCUT2D eigenvalue weighted by Gasteiger charge is 2.26. The summed E-state index contributed by atoms with van der Waals surface area (Å²) in [5, 5.41) is 19.2. The van der Waals surface area contributed by atoms with Gasteiger partial charge in [-0.25, -0.2) is 14.4 Å². The molecular weight excluding hydrogens is 672 g/mol. The molecule has 1 atom stereocenters. The van der Waals surface area contributed by atoms with Crippen LogP contribution in [-0.2, 0) is 22.7 Å². The number of carboxylic acid groups (broad SMARTS) is 1. The predicted molar refractivity (Wildman–Crippen MR) is 185 cm³/mol. The Morgan fingerprint density at radius 2 is 1.84 bits per heavy atom. The minimum atomic E-state index is -0.785. The molecule has 2 fully saturated rings. The molecule has 2 aliphatic rings. The first-order valence-corrected chi connectivity index (χ1v) is 16.8. The average Bonchev–Trinajstić information content (AvgIpc) is 3.52. The van der Waals surface area contributed by atoms with E-state index in [9.17, 15) is 14.7 Å². The lowest BCUT2D eigenvalue weighted by molar-refractivity contribution is -0.143. The number of nitrogens with zero attached hydrogens (tertiary/aromatic N) is 4. The Balaban J connectivity index is 1.18. The van der Waals surface area contributed by atoms with Gasteiger partial charge < -0.3 is 25.8 Å². The number of benzene rings is 1. The fraction of sp³-hybridized carbons (Fsp3) is 0.343. The van der Waals surface area contributed by atoms with Gasteiger partial charge in [-0.3, -0.25) is 19.5 Å². The van der Waals surface area contributed by atoms with Gasteiger partial charge in [-0.05, 0) is 56.6 Å². The monoisotopic (exact) mass is 707 g/mol. The van der Waals surface area contributed by atoms with E-state index in [4.69, 9.17) is 32.9 Å². The molecule has 256 valence electrons. The highest BCUT2D eigenvalue weighted by atomic mass is 35.5. The Morgan fingerprint density at radius 3 is 2.57 bits per heavy atom. The summed E-state index contributed by atoms with van der Waals surface area (Å²) in [4.78, 5) is 38.3. The van der Waals surface area contributed by atoms with Crippen LogP contribution < -0.4 is 20.7 Å². The number of carbonyl (C=O) groups excluding carboxylic acids is 1. The first kappa shape index (κ1) is 34.5. The van der Waals surface area contributed by atoms with Crippen LogP contribution in [0, 0.1) is 11.7 Å². The largest absolute Gasteiger partial charge is 0.481 e. The van der Waals surface area contributed by atoms with Gasteiger partial charge in [-0.1, -0.05) is 41.4 Å². The van der Waals surface area contributed by atoms with Crippen LogP contribution in [0.3, 0.4) is 0 Å². The first-order valence-electron chi connectivity index (χ1n) is 16.0. The number of hydrogen-bond acceptors (Lipinski definition) is 9. The summed E-state index contributed by atoms with van der Waals surface area (Å²) in [5.74, 6) is -1.11. The first-order chi connectivity index (χ1) is 23.7. The number of methoxy groups -OCH3 is 1. The smallest absolute Gasteiger partial charge is 0.306 e. The number of hydrogen-bond donors (Lipinski definition) is 4. The van der Waals surface area contributed by atoms with Gasteiger partial charge in [0.2, 0.25) is 11.8 Å². The molecule has 0 aliphatic carbocycles. The molecule has 2 aliphatic heterocycles. The number of piperidine rings is 1. The molecule has 1 aromatic carbocycles. The van der Waals surface area contributed by atoms with Crippen molar-refractivity contribution in [2.24, 2.45) is 5.92 Å². The maximum absolute atomic E-state index is 15.7. The lowest BCUT2D eigenvalue weighted by atomic mass is 9.97. The standard InChI is InChI=1S/C35H36Cl2FN7O4/c1-49-34-21(17-39-18-23-6-8-28(46)42-23)5-7-26(44-34)24-10-14-40-32(30(24)37)25-3-2-4-27(29(25)36)43-33-31(38)22(9-13-41-33)19-45-15-11-20(12-16-45)35(47)48/h2-5,7,9-10,13-14,20,23,39H,6,8,11-12,15-19H2,1H3,(H,41,43)(H,42,46)(H,47,48). The van der Waals surface area contributed by atoms with E-state index < -0.39 is 11.8 Å². The van der Waals surface area contributed by atoms with Crippen molar-refractivity contribution in [3.05, 3.63) is 81.8 Å². The highest BCUT2D eigenvalue weighted by Crippen LogP contribution is 2.41. The molecule has 0 spiro atoms. The summed E-state index contributed by atoms with van der Waals surface area (Å²) in [6, 6.07) is 12.5. The number of rotatable bonds is 12. The van der Waals surface area contributed by atoms with E-state index in [-0.39, 0.29) is 28.7 Å². The van der Waals surface area contributed by atoms with Crippen molar-refractivity contribution >= 4 is 46.6 Å². The van der Waals surface area contributed by atoms with E-state index in [0.29, 0.717) is 96.7 Å². The SMILES string of the molecule is COc1nc(-c2ccnc(-c3cccc(Nc4nccc(CN5CCC(C(=O)O)CC5)c4F)c3Cl)c2Cl)ccc1CNCC1CCC(=O)N1. The van der Waals surface area contributed by atoms with Crippen molar-refractivity contribution in [3.63, 3.8) is 0 Å². The number of anilines is 2. The highest BCUT2D eigenvalue weighted by molar-refractivity contribution is 6.39. The Kier molecular flexibility index (Phi) is 10.9. The molecule has 0 saturated carbocycles. The molecule has 4 aromatic rings. The van der Waals surface area contributed by atoms with E-state index in [1.807, 2.05) is 17.0 Å². The van der Waals surface area contributed by atoms with Crippen LogP contribution in [0.5, 0.6) is 5.88 Å². The number of aliphatic carboxylic acids is 1. The number of ether oxygens (including phenoxy) is 1.